The molecule has 0 radical (unpaired) electrons. The van der Waals surface area contributed by atoms with Crippen LogP contribution in [-0.4, -0.2) is 66.3 Å². The van der Waals surface area contributed by atoms with E-state index in [9.17, 15) is 9.59 Å². The summed E-state index contributed by atoms with van der Waals surface area (Å²) in [7, 11) is 3.58. The molecule has 0 N–H and O–H groups in total. The smallest absolute Gasteiger partial charge is 0.239 e. The van der Waals surface area contributed by atoms with Crippen molar-refractivity contribution in [3.8, 4) is 0 Å². The summed E-state index contributed by atoms with van der Waals surface area (Å²) in [5.41, 5.74) is 1.32. The molecule has 6 heteroatoms. The van der Waals surface area contributed by atoms with Gasteiger partial charge in [-0.1, -0.05) is 6.92 Å². The molecule has 3 heterocycles. The second kappa shape index (κ2) is 7.23. The Hall–Kier alpha value is -1.40. The van der Waals surface area contributed by atoms with E-state index in [1.807, 2.05) is 4.90 Å². The predicted octanol–water partition coefficient (Wildman–Crippen LogP) is 2.14. The number of hydrogen-bond acceptors (Lipinski definition) is 4. The fourth-order valence-corrected chi connectivity index (χ4v) is 4.92. The van der Waals surface area contributed by atoms with Crippen molar-refractivity contribution >= 4 is 23.2 Å². The Labute approximate surface area is 148 Å². The van der Waals surface area contributed by atoms with Crippen LogP contribution < -0.4 is 0 Å². The molecule has 0 bridgehead atoms. The zero-order valence-corrected chi connectivity index (χ0v) is 15.6. The average molecular weight is 350 g/mol. The van der Waals surface area contributed by atoms with E-state index in [0.717, 1.165) is 38.8 Å². The van der Waals surface area contributed by atoms with Gasteiger partial charge in [0.2, 0.25) is 11.8 Å². The first kappa shape index (κ1) is 17.4. The van der Waals surface area contributed by atoms with Crippen LogP contribution in [0.2, 0.25) is 0 Å². The third-order valence-electron chi connectivity index (χ3n) is 5.23. The van der Waals surface area contributed by atoms with E-state index in [1.54, 1.807) is 30.3 Å². The average Bonchev–Trinajstić information content (AvgIpc) is 3.21. The second-order valence-electron chi connectivity index (χ2n) is 6.92. The van der Waals surface area contributed by atoms with E-state index >= 15 is 0 Å². The lowest BCUT2D eigenvalue weighted by atomic mass is 9.97. The highest BCUT2D eigenvalue weighted by Crippen LogP contribution is 2.35. The van der Waals surface area contributed by atoms with Gasteiger partial charge < -0.3 is 9.80 Å². The van der Waals surface area contributed by atoms with Gasteiger partial charge in [-0.25, -0.2) is 0 Å². The Morgan fingerprint density at radius 1 is 1.33 bits per heavy atom. The van der Waals surface area contributed by atoms with Gasteiger partial charge in [-0.2, -0.15) is 0 Å². The lowest BCUT2D eigenvalue weighted by molar-refractivity contribution is -0.138. The van der Waals surface area contributed by atoms with Crippen molar-refractivity contribution in [1.29, 1.82) is 0 Å². The van der Waals surface area contributed by atoms with Gasteiger partial charge in [-0.05, 0) is 49.2 Å². The van der Waals surface area contributed by atoms with Crippen LogP contribution in [-0.2, 0) is 16.0 Å². The molecule has 2 atom stereocenters. The summed E-state index contributed by atoms with van der Waals surface area (Å²) >= 11 is 1.80. The maximum absolute atomic E-state index is 13.0. The molecule has 24 heavy (non-hydrogen) atoms. The molecule has 1 aromatic rings. The standard InChI is InChI=1S/C18H27N3O2S/c1-4-14-13-8-11-24-16(13)7-10-21(14)17(22)12-20-9-5-6-15(20)18(23)19(2)3/h8,11,14-15H,4-7,9-10,12H2,1-3H3. The molecule has 1 saturated heterocycles. The number of amides is 2. The Kier molecular flexibility index (Phi) is 5.25. The van der Waals surface area contributed by atoms with E-state index in [0.29, 0.717) is 6.54 Å². The quantitative estimate of drug-likeness (QED) is 0.836. The molecular weight excluding hydrogens is 322 g/mol. The minimum Gasteiger partial charge on any atom is -0.347 e. The van der Waals surface area contributed by atoms with Gasteiger partial charge in [0.05, 0.1) is 18.6 Å². The van der Waals surface area contributed by atoms with Crippen LogP contribution in [0.1, 0.15) is 42.7 Å². The molecule has 3 rings (SSSR count). The lowest BCUT2D eigenvalue weighted by Gasteiger charge is -2.37. The summed E-state index contributed by atoms with van der Waals surface area (Å²) < 4.78 is 0. The normalized spacial score (nSPS) is 24.0. The monoisotopic (exact) mass is 349 g/mol. The number of thiophene rings is 1. The maximum Gasteiger partial charge on any atom is 0.239 e. The number of hydrogen-bond donors (Lipinski definition) is 0. The Balaban J connectivity index is 1.69. The number of carbonyl (C=O) groups excluding carboxylic acids is 2. The number of carbonyl (C=O) groups is 2. The van der Waals surface area contributed by atoms with E-state index in [-0.39, 0.29) is 23.9 Å². The van der Waals surface area contributed by atoms with Gasteiger partial charge in [0.25, 0.3) is 0 Å². The minimum atomic E-state index is -0.134. The van der Waals surface area contributed by atoms with E-state index in [2.05, 4.69) is 23.3 Å². The SMILES string of the molecule is CCC1c2ccsc2CCN1C(=O)CN1CCCC1C(=O)N(C)C. The van der Waals surface area contributed by atoms with Crippen molar-refractivity contribution in [2.45, 2.75) is 44.7 Å². The minimum absolute atomic E-state index is 0.117. The van der Waals surface area contributed by atoms with E-state index in [1.165, 1.54) is 10.4 Å². The van der Waals surface area contributed by atoms with Crippen LogP contribution in [0, 0.1) is 0 Å². The Morgan fingerprint density at radius 2 is 2.12 bits per heavy atom. The highest BCUT2D eigenvalue weighted by molar-refractivity contribution is 7.10. The third-order valence-corrected chi connectivity index (χ3v) is 6.23. The van der Waals surface area contributed by atoms with Gasteiger partial charge in [0.1, 0.15) is 0 Å². The van der Waals surface area contributed by atoms with Crippen LogP contribution in [0.3, 0.4) is 0 Å². The highest BCUT2D eigenvalue weighted by Gasteiger charge is 2.36. The summed E-state index contributed by atoms with van der Waals surface area (Å²) in [6.45, 7) is 4.14. The van der Waals surface area contributed by atoms with Gasteiger partial charge in [-0.15, -0.1) is 11.3 Å². The molecule has 0 spiro atoms. The van der Waals surface area contributed by atoms with Crippen molar-refractivity contribution in [3.05, 3.63) is 21.9 Å². The summed E-state index contributed by atoms with van der Waals surface area (Å²) in [5, 5.41) is 2.13. The van der Waals surface area contributed by atoms with Crippen molar-refractivity contribution in [2.75, 3.05) is 33.7 Å². The molecular formula is C18H27N3O2S. The first-order valence-corrected chi connectivity index (χ1v) is 9.71. The first-order chi connectivity index (χ1) is 11.5. The molecule has 0 aromatic carbocycles. The van der Waals surface area contributed by atoms with Gasteiger partial charge >= 0.3 is 0 Å². The summed E-state index contributed by atoms with van der Waals surface area (Å²) in [6.07, 6.45) is 3.74. The number of likely N-dealkylation sites (tertiary alicyclic amines) is 1. The summed E-state index contributed by atoms with van der Waals surface area (Å²) in [6, 6.07) is 2.23. The molecule has 2 amide bonds. The lowest BCUT2D eigenvalue weighted by Crippen LogP contribution is -2.49. The summed E-state index contributed by atoms with van der Waals surface area (Å²) in [5.74, 6) is 0.281. The Morgan fingerprint density at radius 3 is 2.83 bits per heavy atom. The van der Waals surface area contributed by atoms with Crippen molar-refractivity contribution < 1.29 is 9.59 Å². The molecule has 1 aromatic heterocycles. The first-order valence-electron chi connectivity index (χ1n) is 8.83. The van der Waals surface area contributed by atoms with Crippen LogP contribution in [0.5, 0.6) is 0 Å². The van der Waals surface area contributed by atoms with Crippen molar-refractivity contribution in [3.63, 3.8) is 0 Å². The highest BCUT2D eigenvalue weighted by atomic mass is 32.1. The largest absolute Gasteiger partial charge is 0.347 e. The summed E-state index contributed by atoms with van der Waals surface area (Å²) in [4.78, 5) is 32.4. The fraction of sp³-hybridized carbons (Fsp3) is 0.667. The van der Waals surface area contributed by atoms with Crippen molar-refractivity contribution in [1.82, 2.24) is 14.7 Å². The molecule has 2 aliphatic rings. The zero-order chi connectivity index (χ0) is 17.3. The van der Waals surface area contributed by atoms with Crippen LogP contribution >= 0.6 is 11.3 Å². The molecule has 2 aliphatic heterocycles. The molecule has 0 aliphatic carbocycles. The molecule has 2 unspecified atom stereocenters. The Bertz CT molecular complexity index is 613. The van der Waals surface area contributed by atoms with E-state index in [4.69, 9.17) is 0 Å². The fourth-order valence-electron chi connectivity index (χ4n) is 3.99. The van der Waals surface area contributed by atoms with Gasteiger partial charge in [-0.3, -0.25) is 14.5 Å². The van der Waals surface area contributed by atoms with Gasteiger partial charge in [0, 0.05) is 25.5 Å². The number of likely N-dealkylation sites (N-methyl/N-ethyl adjacent to an activating group) is 1. The van der Waals surface area contributed by atoms with Gasteiger partial charge in [0.15, 0.2) is 0 Å². The van der Waals surface area contributed by atoms with Crippen LogP contribution in [0.15, 0.2) is 11.4 Å². The maximum atomic E-state index is 13.0. The van der Waals surface area contributed by atoms with Crippen LogP contribution in [0.25, 0.3) is 0 Å². The molecule has 0 saturated carbocycles. The number of fused-ring (bicyclic) bond motifs is 1. The molecule has 5 nitrogen and oxygen atoms in total. The van der Waals surface area contributed by atoms with Crippen molar-refractivity contribution in [2.24, 2.45) is 0 Å². The zero-order valence-electron chi connectivity index (χ0n) is 14.8. The van der Waals surface area contributed by atoms with E-state index < -0.39 is 0 Å². The molecule has 1 fully saturated rings. The number of rotatable bonds is 4. The molecule has 132 valence electrons. The third kappa shape index (κ3) is 3.22. The predicted molar refractivity (Wildman–Crippen MR) is 96.1 cm³/mol. The number of nitrogens with zero attached hydrogens (tertiary/aromatic N) is 3. The van der Waals surface area contributed by atoms with Crippen LogP contribution in [0.4, 0.5) is 0 Å². The topological polar surface area (TPSA) is 43.9 Å². The second-order valence-corrected chi connectivity index (χ2v) is 7.92.